The van der Waals surface area contributed by atoms with Crippen LogP contribution in [0.4, 0.5) is 0 Å². The summed E-state index contributed by atoms with van der Waals surface area (Å²) in [6.45, 7) is 5.28. The summed E-state index contributed by atoms with van der Waals surface area (Å²) in [5.41, 5.74) is 1.45. The Morgan fingerprint density at radius 2 is 2.05 bits per heavy atom. The third-order valence-corrected chi connectivity index (χ3v) is 5.25. The maximum absolute atomic E-state index is 6.14. The molecule has 1 aliphatic rings. The van der Waals surface area contributed by atoms with Crippen LogP contribution in [-0.4, -0.2) is 17.6 Å². The third kappa shape index (κ3) is 4.73. The quantitative estimate of drug-likeness (QED) is 0.779. The minimum atomic E-state index is 0.488. The highest BCUT2D eigenvalue weighted by Gasteiger charge is 2.19. The van der Waals surface area contributed by atoms with Gasteiger partial charge in [-0.25, -0.2) is 4.98 Å². The minimum absolute atomic E-state index is 0.488. The number of thiazole rings is 1. The number of nitrogens with one attached hydrogen (secondary N) is 1. The Kier molecular flexibility index (Phi) is 6.34. The van der Waals surface area contributed by atoms with Crippen molar-refractivity contribution < 1.29 is 0 Å². The molecule has 0 spiro atoms. The maximum Gasteiger partial charge on any atom is 0.185 e. The van der Waals surface area contributed by atoms with E-state index in [1.54, 1.807) is 0 Å². The van der Waals surface area contributed by atoms with Crippen molar-refractivity contribution in [2.45, 2.75) is 52.0 Å². The standard InChI is InChI=1S/C15H22Cl2N2S/c1-10(2)18-9-12(11-6-4-3-5-7-11)8-13-14(16)19-15(17)20-13/h8,10-11,18H,3-7,9H2,1-2H3. The van der Waals surface area contributed by atoms with Gasteiger partial charge in [-0.2, -0.15) is 0 Å². The molecular weight excluding hydrogens is 311 g/mol. The van der Waals surface area contributed by atoms with Crippen LogP contribution in [0.2, 0.25) is 9.62 Å². The van der Waals surface area contributed by atoms with Crippen LogP contribution in [-0.2, 0) is 0 Å². The Hall–Kier alpha value is -0.0900. The van der Waals surface area contributed by atoms with E-state index in [4.69, 9.17) is 23.2 Å². The number of hydrogen-bond donors (Lipinski definition) is 1. The molecule has 0 amide bonds. The van der Waals surface area contributed by atoms with Gasteiger partial charge in [0.2, 0.25) is 0 Å². The van der Waals surface area contributed by atoms with E-state index >= 15 is 0 Å². The van der Waals surface area contributed by atoms with Crippen LogP contribution >= 0.6 is 34.5 Å². The Morgan fingerprint density at radius 3 is 2.60 bits per heavy atom. The molecule has 0 aromatic carbocycles. The lowest BCUT2D eigenvalue weighted by Crippen LogP contribution is -2.27. The molecule has 2 nitrogen and oxygen atoms in total. The summed E-state index contributed by atoms with van der Waals surface area (Å²) >= 11 is 13.5. The fourth-order valence-electron chi connectivity index (χ4n) is 2.65. The van der Waals surface area contributed by atoms with Gasteiger partial charge in [0.25, 0.3) is 0 Å². The molecule has 1 heterocycles. The van der Waals surface area contributed by atoms with Gasteiger partial charge < -0.3 is 5.32 Å². The van der Waals surface area contributed by atoms with Crippen LogP contribution < -0.4 is 5.32 Å². The average molecular weight is 333 g/mol. The fourth-order valence-corrected chi connectivity index (χ4v) is 3.99. The molecule has 0 saturated heterocycles. The second kappa shape index (κ2) is 7.79. The number of hydrogen-bond acceptors (Lipinski definition) is 3. The zero-order valence-corrected chi connectivity index (χ0v) is 14.4. The summed E-state index contributed by atoms with van der Waals surface area (Å²) in [7, 11) is 0. The van der Waals surface area contributed by atoms with Gasteiger partial charge in [-0.1, -0.05) is 61.9 Å². The smallest absolute Gasteiger partial charge is 0.185 e. The summed E-state index contributed by atoms with van der Waals surface area (Å²) < 4.78 is 0.515. The summed E-state index contributed by atoms with van der Waals surface area (Å²) in [6.07, 6.45) is 8.82. The highest BCUT2D eigenvalue weighted by Crippen LogP contribution is 2.34. The van der Waals surface area contributed by atoms with E-state index in [0.29, 0.717) is 21.6 Å². The zero-order valence-electron chi connectivity index (χ0n) is 12.1. The normalized spacial score (nSPS) is 17.9. The van der Waals surface area contributed by atoms with E-state index < -0.39 is 0 Å². The van der Waals surface area contributed by atoms with E-state index in [1.807, 2.05) is 0 Å². The van der Waals surface area contributed by atoms with Gasteiger partial charge in [0.1, 0.15) is 5.15 Å². The number of aromatic nitrogens is 1. The van der Waals surface area contributed by atoms with Crippen LogP contribution in [0.25, 0.3) is 6.08 Å². The second-order valence-electron chi connectivity index (χ2n) is 5.71. The highest BCUT2D eigenvalue weighted by atomic mass is 35.5. The van der Waals surface area contributed by atoms with Crippen LogP contribution in [0.15, 0.2) is 5.57 Å². The SMILES string of the molecule is CC(C)NCC(=Cc1sc(Cl)nc1Cl)C1CCCCC1. The molecule has 0 atom stereocenters. The highest BCUT2D eigenvalue weighted by molar-refractivity contribution is 7.17. The molecule has 2 rings (SSSR count). The van der Waals surface area contributed by atoms with Crippen molar-refractivity contribution in [3.63, 3.8) is 0 Å². The van der Waals surface area contributed by atoms with E-state index in [9.17, 15) is 0 Å². The number of nitrogens with zero attached hydrogens (tertiary/aromatic N) is 1. The lowest BCUT2D eigenvalue weighted by Gasteiger charge is -2.25. The van der Waals surface area contributed by atoms with Crippen LogP contribution in [0, 0.1) is 5.92 Å². The molecule has 0 aliphatic heterocycles. The van der Waals surface area contributed by atoms with Gasteiger partial charge in [0, 0.05) is 12.6 Å². The van der Waals surface area contributed by atoms with Crippen molar-refractivity contribution in [2.75, 3.05) is 6.54 Å². The van der Waals surface area contributed by atoms with E-state index in [1.165, 1.54) is 49.0 Å². The van der Waals surface area contributed by atoms with Crippen molar-refractivity contribution in [1.29, 1.82) is 0 Å². The Labute approximate surface area is 135 Å². The Balaban J connectivity index is 2.17. The molecule has 1 saturated carbocycles. The topological polar surface area (TPSA) is 24.9 Å². The number of rotatable bonds is 5. The molecular formula is C15H22Cl2N2S. The van der Waals surface area contributed by atoms with Gasteiger partial charge in [-0.05, 0) is 24.8 Å². The second-order valence-corrected chi connectivity index (χ2v) is 7.68. The molecule has 20 heavy (non-hydrogen) atoms. The first-order valence-electron chi connectivity index (χ1n) is 7.32. The predicted octanol–water partition coefficient (Wildman–Crippen LogP) is 5.41. The third-order valence-electron chi connectivity index (χ3n) is 3.74. The maximum atomic E-state index is 6.14. The van der Waals surface area contributed by atoms with E-state index in [0.717, 1.165) is 11.4 Å². The summed E-state index contributed by atoms with van der Waals surface area (Å²) in [4.78, 5) is 5.08. The van der Waals surface area contributed by atoms with Gasteiger partial charge in [0.05, 0.1) is 4.88 Å². The van der Waals surface area contributed by atoms with Gasteiger partial charge in [0.15, 0.2) is 4.47 Å². The largest absolute Gasteiger partial charge is 0.311 e. The molecule has 112 valence electrons. The average Bonchev–Trinajstić information content (AvgIpc) is 2.73. The van der Waals surface area contributed by atoms with Crippen molar-refractivity contribution in [3.8, 4) is 0 Å². The molecule has 1 N–H and O–H groups in total. The molecule has 1 aromatic heterocycles. The van der Waals surface area contributed by atoms with Crippen LogP contribution in [0.1, 0.15) is 50.8 Å². The first-order chi connectivity index (χ1) is 9.56. The monoisotopic (exact) mass is 332 g/mol. The zero-order chi connectivity index (χ0) is 14.5. The van der Waals surface area contributed by atoms with Crippen molar-refractivity contribution in [3.05, 3.63) is 20.1 Å². The Bertz CT molecular complexity index is 462. The van der Waals surface area contributed by atoms with Gasteiger partial charge in [-0.15, -0.1) is 11.3 Å². The lowest BCUT2D eigenvalue weighted by molar-refractivity contribution is 0.394. The first-order valence-corrected chi connectivity index (χ1v) is 8.89. The lowest BCUT2D eigenvalue weighted by atomic mass is 9.83. The molecule has 0 radical (unpaired) electrons. The summed E-state index contributed by atoms with van der Waals surface area (Å²) in [6, 6.07) is 0.488. The predicted molar refractivity (Wildman–Crippen MR) is 89.8 cm³/mol. The van der Waals surface area contributed by atoms with Crippen LogP contribution in [0.5, 0.6) is 0 Å². The van der Waals surface area contributed by atoms with Crippen molar-refractivity contribution >= 4 is 40.6 Å². The molecule has 0 unspecified atom stereocenters. The van der Waals surface area contributed by atoms with Gasteiger partial charge in [-0.3, -0.25) is 0 Å². The van der Waals surface area contributed by atoms with Crippen molar-refractivity contribution in [2.24, 2.45) is 5.92 Å². The molecule has 5 heteroatoms. The minimum Gasteiger partial charge on any atom is -0.311 e. The molecule has 1 aromatic rings. The Morgan fingerprint density at radius 1 is 1.35 bits per heavy atom. The van der Waals surface area contributed by atoms with Crippen LogP contribution in [0.3, 0.4) is 0 Å². The van der Waals surface area contributed by atoms with Crippen molar-refractivity contribution in [1.82, 2.24) is 10.3 Å². The summed E-state index contributed by atoms with van der Waals surface area (Å²) in [5, 5.41) is 4.06. The summed E-state index contributed by atoms with van der Waals surface area (Å²) in [5.74, 6) is 0.673. The molecule has 1 aliphatic carbocycles. The van der Waals surface area contributed by atoms with E-state index in [2.05, 4.69) is 30.2 Å². The van der Waals surface area contributed by atoms with E-state index in [-0.39, 0.29) is 0 Å². The first kappa shape index (κ1) is 16.3. The molecule has 0 bridgehead atoms. The van der Waals surface area contributed by atoms with Gasteiger partial charge >= 0.3 is 0 Å². The number of halogens is 2. The fraction of sp³-hybridized carbons (Fsp3) is 0.667. The molecule has 1 fully saturated rings.